The van der Waals surface area contributed by atoms with Crippen molar-refractivity contribution in [1.29, 1.82) is 0 Å². The van der Waals surface area contributed by atoms with E-state index in [1.165, 1.54) is 25.7 Å². The van der Waals surface area contributed by atoms with Gasteiger partial charge in [0.1, 0.15) is 0 Å². The lowest BCUT2D eigenvalue weighted by Crippen LogP contribution is -2.45. The van der Waals surface area contributed by atoms with Crippen LogP contribution in [0, 0.1) is 5.92 Å². The smallest absolute Gasteiger partial charge is 0.228 e. The molecule has 0 aromatic carbocycles. The largest absolute Gasteiger partial charge is 0.378 e. The fourth-order valence-electron chi connectivity index (χ4n) is 3.57. The fraction of sp³-hybridized carbons (Fsp3) is 0.938. The molecule has 0 bridgehead atoms. The predicted octanol–water partition coefficient (Wildman–Crippen LogP) is 2.31. The van der Waals surface area contributed by atoms with Crippen LogP contribution in [0.4, 0.5) is 0 Å². The zero-order valence-electron chi connectivity index (χ0n) is 12.9. The summed E-state index contributed by atoms with van der Waals surface area (Å²) in [5.74, 6) is 0.381. The molecule has 2 unspecified atom stereocenters. The van der Waals surface area contributed by atoms with Crippen LogP contribution in [-0.4, -0.2) is 42.6 Å². The summed E-state index contributed by atoms with van der Waals surface area (Å²) in [6.45, 7) is 4.24. The molecule has 116 valence electrons. The second-order valence-electron chi connectivity index (χ2n) is 6.29. The third kappa shape index (κ3) is 3.95. The monoisotopic (exact) mass is 282 g/mol. The first kappa shape index (κ1) is 15.8. The number of amides is 1. The van der Waals surface area contributed by atoms with Gasteiger partial charge in [0.2, 0.25) is 5.91 Å². The van der Waals surface area contributed by atoms with E-state index in [-0.39, 0.29) is 12.0 Å². The molecule has 1 aliphatic carbocycles. The molecule has 1 amide bonds. The molecule has 1 heterocycles. The van der Waals surface area contributed by atoms with Gasteiger partial charge in [0.05, 0.1) is 12.0 Å². The lowest BCUT2D eigenvalue weighted by atomic mass is 9.98. The van der Waals surface area contributed by atoms with Crippen molar-refractivity contribution >= 4 is 5.91 Å². The van der Waals surface area contributed by atoms with Crippen LogP contribution in [0.2, 0.25) is 0 Å². The average molecular weight is 282 g/mol. The van der Waals surface area contributed by atoms with E-state index >= 15 is 0 Å². The van der Waals surface area contributed by atoms with Crippen LogP contribution in [-0.2, 0) is 9.53 Å². The van der Waals surface area contributed by atoms with Crippen molar-refractivity contribution in [3.05, 3.63) is 0 Å². The van der Waals surface area contributed by atoms with E-state index in [2.05, 4.69) is 4.90 Å². The van der Waals surface area contributed by atoms with Crippen molar-refractivity contribution in [2.24, 2.45) is 11.7 Å². The molecule has 2 fully saturated rings. The predicted molar refractivity (Wildman–Crippen MR) is 80.4 cm³/mol. The van der Waals surface area contributed by atoms with E-state index in [9.17, 15) is 4.79 Å². The highest BCUT2D eigenvalue weighted by Crippen LogP contribution is 2.28. The first-order valence-electron chi connectivity index (χ1n) is 8.36. The summed E-state index contributed by atoms with van der Waals surface area (Å²) < 4.78 is 5.58. The Morgan fingerprint density at radius 2 is 1.90 bits per heavy atom. The molecule has 1 aliphatic heterocycles. The summed E-state index contributed by atoms with van der Waals surface area (Å²) >= 11 is 0. The van der Waals surface area contributed by atoms with E-state index in [1.54, 1.807) is 0 Å². The molecule has 2 aliphatic rings. The normalized spacial score (nSPS) is 28.3. The zero-order valence-corrected chi connectivity index (χ0v) is 12.9. The minimum absolute atomic E-state index is 0.0658. The lowest BCUT2D eigenvalue weighted by molar-refractivity contribution is -0.139. The third-order valence-corrected chi connectivity index (χ3v) is 4.85. The average Bonchev–Trinajstić information content (AvgIpc) is 2.71. The zero-order chi connectivity index (χ0) is 14.4. The van der Waals surface area contributed by atoms with Crippen molar-refractivity contribution in [3.8, 4) is 0 Å². The van der Waals surface area contributed by atoms with E-state index in [1.807, 2.05) is 6.92 Å². The van der Waals surface area contributed by atoms with Crippen LogP contribution in [0.1, 0.15) is 58.3 Å². The summed E-state index contributed by atoms with van der Waals surface area (Å²) in [5, 5.41) is 0. The Morgan fingerprint density at radius 3 is 2.45 bits per heavy atom. The third-order valence-electron chi connectivity index (χ3n) is 4.85. The molecule has 0 aromatic heterocycles. The van der Waals surface area contributed by atoms with Gasteiger partial charge in [-0.05, 0) is 39.2 Å². The summed E-state index contributed by atoms with van der Waals surface area (Å²) in [5.41, 5.74) is 5.66. The van der Waals surface area contributed by atoms with E-state index in [0.717, 1.165) is 38.8 Å². The van der Waals surface area contributed by atoms with E-state index < -0.39 is 0 Å². The second-order valence-corrected chi connectivity index (χ2v) is 6.29. The Bertz CT molecular complexity index is 301. The molecule has 0 aromatic rings. The molecule has 1 saturated carbocycles. The fourth-order valence-corrected chi connectivity index (χ4v) is 3.57. The quantitative estimate of drug-likeness (QED) is 0.787. The molecule has 0 spiro atoms. The summed E-state index contributed by atoms with van der Waals surface area (Å²) in [7, 11) is 0. The molecule has 1 saturated heterocycles. The Labute approximate surface area is 123 Å². The van der Waals surface area contributed by atoms with Gasteiger partial charge in [-0.2, -0.15) is 0 Å². The summed E-state index contributed by atoms with van der Waals surface area (Å²) in [6.07, 6.45) is 9.35. The van der Waals surface area contributed by atoms with Crippen LogP contribution < -0.4 is 5.73 Å². The minimum atomic E-state index is 0.0658. The standard InChI is InChI=1S/C16H30N2O2/c1-13-15(9-12-20-13)16(19)18(11-6-10-17)14-7-4-2-3-5-8-14/h13-15H,2-12,17H2,1H3. The number of ether oxygens (including phenoxy) is 1. The molecular weight excluding hydrogens is 252 g/mol. The van der Waals surface area contributed by atoms with Gasteiger partial charge in [-0.1, -0.05) is 25.7 Å². The first-order valence-corrected chi connectivity index (χ1v) is 8.36. The molecule has 2 rings (SSSR count). The van der Waals surface area contributed by atoms with Crippen LogP contribution in [0.25, 0.3) is 0 Å². The Balaban J connectivity index is 2.02. The van der Waals surface area contributed by atoms with E-state index in [4.69, 9.17) is 10.5 Å². The van der Waals surface area contributed by atoms with Crippen LogP contribution in [0.3, 0.4) is 0 Å². The second kappa shape index (κ2) is 7.99. The summed E-state index contributed by atoms with van der Waals surface area (Å²) in [6, 6.07) is 0.435. The maximum Gasteiger partial charge on any atom is 0.228 e. The number of carbonyl (C=O) groups is 1. The van der Waals surface area contributed by atoms with Gasteiger partial charge in [0.15, 0.2) is 0 Å². The Hall–Kier alpha value is -0.610. The number of hydrogen-bond acceptors (Lipinski definition) is 3. The molecule has 20 heavy (non-hydrogen) atoms. The number of nitrogens with two attached hydrogens (primary N) is 1. The van der Waals surface area contributed by atoms with Gasteiger partial charge in [-0.3, -0.25) is 4.79 Å². The maximum atomic E-state index is 12.9. The molecule has 4 heteroatoms. The highest BCUT2D eigenvalue weighted by molar-refractivity contribution is 5.80. The highest BCUT2D eigenvalue weighted by atomic mass is 16.5. The number of nitrogens with zero attached hydrogens (tertiary/aromatic N) is 1. The Morgan fingerprint density at radius 1 is 1.20 bits per heavy atom. The molecule has 0 radical (unpaired) electrons. The van der Waals surface area contributed by atoms with Crippen molar-refractivity contribution in [1.82, 2.24) is 4.90 Å². The number of rotatable bonds is 5. The van der Waals surface area contributed by atoms with Gasteiger partial charge in [-0.15, -0.1) is 0 Å². The first-order chi connectivity index (χ1) is 9.74. The lowest BCUT2D eigenvalue weighted by Gasteiger charge is -2.34. The van der Waals surface area contributed by atoms with Crippen LogP contribution >= 0.6 is 0 Å². The van der Waals surface area contributed by atoms with Crippen molar-refractivity contribution in [2.75, 3.05) is 19.7 Å². The van der Waals surface area contributed by atoms with Gasteiger partial charge in [0, 0.05) is 19.2 Å². The van der Waals surface area contributed by atoms with Crippen molar-refractivity contribution in [2.45, 2.75) is 70.4 Å². The Kier molecular flexibility index (Phi) is 6.30. The number of hydrogen-bond donors (Lipinski definition) is 1. The SMILES string of the molecule is CC1OCCC1C(=O)N(CCCN)C1CCCCCC1. The topological polar surface area (TPSA) is 55.6 Å². The summed E-state index contributed by atoms with van der Waals surface area (Å²) in [4.78, 5) is 15.0. The van der Waals surface area contributed by atoms with Crippen LogP contribution in [0.5, 0.6) is 0 Å². The van der Waals surface area contributed by atoms with Gasteiger partial charge in [-0.25, -0.2) is 0 Å². The molecule has 2 atom stereocenters. The molecular formula is C16H30N2O2. The van der Waals surface area contributed by atoms with Gasteiger partial charge in [0.25, 0.3) is 0 Å². The van der Waals surface area contributed by atoms with Crippen LogP contribution in [0.15, 0.2) is 0 Å². The van der Waals surface area contributed by atoms with Gasteiger partial charge < -0.3 is 15.4 Å². The number of carbonyl (C=O) groups excluding carboxylic acids is 1. The maximum absolute atomic E-state index is 12.9. The molecule has 4 nitrogen and oxygen atoms in total. The highest BCUT2D eigenvalue weighted by Gasteiger charge is 2.36. The van der Waals surface area contributed by atoms with Crippen molar-refractivity contribution in [3.63, 3.8) is 0 Å². The van der Waals surface area contributed by atoms with Crippen molar-refractivity contribution < 1.29 is 9.53 Å². The minimum Gasteiger partial charge on any atom is -0.378 e. The van der Waals surface area contributed by atoms with Gasteiger partial charge >= 0.3 is 0 Å². The molecule has 2 N–H and O–H groups in total. The van der Waals surface area contributed by atoms with E-state index in [0.29, 0.717) is 18.5 Å².